The average molecular weight is 127 g/mol. The number of rotatable bonds is 0. The molecule has 0 aliphatic rings. The molecule has 0 amide bonds. The first-order valence-corrected chi connectivity index (χ1v) is 2.33. The first kappa shape index (κ1) is 5.74. The number of aromatic nitrogens is 3. The largest absolute Gasteiger partial charge is 0.332 e. The molecule has 9 heavy (non-hydrogen) atoms. The molecule has 5 heteroatoms. The molecule has 48 valence electrons. The zero-order valence-electron chi connectivity index (χ0n) is 4.79. The fourth-order valence-electron chi connectivity index (χ4n) is 0.435. The van der Waals surface area contributed by atoms with E-state index in [0.29, 0.717) is 0 Å². The highest BCUT2D eigenvalue weighted by Crippen LogP contribution is 1.51. The quantitative estimate of drug-likeness (QED) is 0.430. The molecular formula is C4H5N3O2. The molecule has 1 aromatic heterocycles. The van der Waals surface area contributed by atoms with Gasteiger partial charge in [0.2, 0.25) is 0 Å². The van der Waals surface area contributed by atoms with E-state index < -0.39 is 11.1 Å². The van der Waals surface area contributed by atoms with Crippen LogP contribution in [0.1, 0.15) is 0 Å². The first-order valence-electron chi connectivity index (χ1n) is 2.33. The summed E-state index contributed by atoms with van der Waals surface area (Å²) in [4.78, 5) is 23.1. The highest BCUT2D eigenvalue weighted by Gasteiger charge is 1.91. The van der Waals surface area contributed by atoms with Crippen molar-refractivity contribution >= 4 is 0 Å². The van der Waals surface area contributed by atoms with Crippen LogP contribution in [0, 0.1) is 0 Å². The smallest absolute Gasteiger partial charge is 0.307 e. The van der Waals surface area contributed by atoms with E-state index in [0.717, 1.165) is 4.68 Å². The van der Waals surface area contributed by atoms with Gasteiger partial charge in [-0.3, -0.25) is 9.59 Å². The number of nitrogens with one attached hydrogen (secondary N) is 1. The summed E-state index contributed by atoms with van der Waals surface area (Å²) in [6.45, 7) is 0. The van der Waals surface area contributed by atoms with Gasteiger partial charge >= 0.3 is 11.1 Å². The van der Waals surface area contributed by atoms with Gasteiger partial charge in [-0.05, 0) is 0 Å². The van der Waals surface area contributed by atoms with Crippen molar-refractivity contribution in [1.29, 1.82) is 0 Å². The lowest BCUT2D eigenvalue weighted by molar-refractivity contribution is 0.676. The van der Waals surface area contributed by atoms with Crippen LogP contribution in [0.3, 0.4) is 0 Å². The third-order valence-electron chi connectivity index (χ3n) is 0.915. The van der Waals surface area contributed by atoms with Crippen LogP contribution in [-0.2, 0) is 7.05 Å². The van der Waals surface area contributed by atoms with E-state index in [2.05, 4.69) is 10.1 Å². The second kappa shape index (κ2) is 1.85. The number of nitrogens with zero attached hydrogens (tertiary/aromatic N) is 2. The maximum atomic E-state index is 10.5. The fourth-order valence-corrected chi connectivity index (χ4v) is 0.435. The summed E-state index contributed by atoms with van der Waals surface area (Å²) < 4.78 is 0.971. The zero-order valence-corrected chi connectivity index (χ0v) is 4.79. The fraction of sp³-hybridized carbons (Fsp3) is 0.250. The predicted octanol–water partition coefficient (Wildman–Crippen LogP) is -1.53. The Bertz CT molecular complexity index is 310. The Morgan fingerprint density at radius 3 is 2.78 bits per heavy atom. The minimum Gasteiger partial charge on any atom is -0.307 e. The summed E-state index contributed by atoms with van der Waals surface area (Å²) in [5, 5.41) is 3.49. The molecule has 0 aliphatic heterocycles. The van der Waals surface area contributed by atoms with Gasteiger partial charge in [-0.15, -0.1) is 0 Å². The summed E-state index contributed by atoms with van der Waals surface area (Å²) >= 11 is 0. The maximum Gasteiger partial charge on any atom is 0.332 e. The molecule has 0 saturated heterocycles. The lowest BCUT2D eigenvalue weighted by Crippen LogP contribution is -2.35. The molecule has 1 heterocycles. The standard InChI is InChI=1S/C4H5N3O2/c1-7-4(9)3(8)5-2-6-7/h2H,1H3,(H,5,6,8). The monoisotopic (exact) mass is 127 g/mol. The number of aryl methyl sites for hydroxylation is 1. The van der Waals surface area contributed by atoms with Gasteiger partial charge in [-0.2, -0.15) is 5.10 Å². The Balaban J connectivity index is 3.63. The van der Waals surface area contributed by atoms with E-state index in [1.54, 1.807) is 0 Å². The number of H-pyrrole nitrogens is 1. The number of hydrogen-bond donors (Lipinski definition) is 1. The highest BCUT2D eigenvalue weighted by atomic mass is 16.2. The van der Waals surface area contributed by atoms with Crippen molar-refractivity contribution in [2.45, 2.75) is 0 Å². The Labute approximate surface area is 50.0 Å². The van der Waals surface area contributed by atoms with Crippen molar-refractivity contribution in [3.05, 3.63) is 27.0 Å². The summed E-state index contributed by atoms with van der Waals surface area (Å²) in [6, 6.07) is 0. The summed E-state index contributed by atoms with van der Waals surface area (Å²) in [6.07, 6.45) is 1.17. The van der Waals surface area contributed by atoms with E-state index in [9.17, 15) is 9.59 Å². The second-order valence-electron chi connectivity index (χ2n) is 1.55. The number of aromatic amines is 1. The van der Waals surface area contributed by atoms with Crippen molar-refractivity contribution in [3.63, 3.8) is 0 Å². The van der Waals surface area contributed by atoms with E-state index in [-0.39, 0.29) is 0 Å². The summed E-state index contributed by atoms with van der Waals surface area (Å²) in [5.41, 5.74) is -1.29. The van der Waals surface area contributed by atoms with Gasteiger partial charge in [0.1, 0.15) is 6.33 Å². The molecule has 0 fully saturated rings. The Kier molecular flexibility index (Phi) is 1.18. The van der Waals surface area contributed by atoms with Crippen LogP contribution in [0.2, 0.25) is 0 Å². The predicted molar refractivity (Wildman–Crippen MR) is 30.1 cm³/mol. The van der Waals surface area contributed by atoms with Crippen molar-refractivity contribution < 1.29 is 0 Å². The highest BCUT2D eigenvalue weighted by molar-refractivity contribution is 4.70. The summed E-state index contributed by atoms with van der Waals surface area (Å²) in [5.74, 6) is 0. The minimum absolute atomic E-state index is 0.641. The van der Waals surface area contributed by atoms with Crippen molar-refractivity contribution in [2.24, 2.45) is 7.05 Å². The zero-order chi connectivity index (χ0) is 6.85. The van der Waals surface area contributed by atoms with Crippen LogP contribution in [-0.4, -0.2) is 14.8 Å². The molecule has 0 atom stereocenters. The molecule has 1 N–H and O–H groups in total. The first-order chi connectivity index (χ1) is 4.22. The normalized spacial score (nSPS) is 9.44. The molecule has 0 saturated carbocycles. The third kappa shape index (κ3) is 0.883. The van der Waals surface area contributed by atoms with Crippen molar-refractivity contribution in [3.8, 4) is 0 Å². The lowest BCUT2D eigenvalue weighted by Gasteiger charge is -1.87. The van der Waals surface area contributed by atoms with Crippen molar-refractivity contribution in [1.82, 2.24) is 14.8 Å². The molecule has 5 nitrogen and oxygen atoms in total. The minimum atomic E-state index is -0.646. The third-order valence-corrected chi connectivity index (χ3v) is 0.915. The van der Waals surface area contributed by atoms with Gasteiger partial charge < -0.3 is 4.98 Å². The summed E-state index contributed by atoms with van der Waals surface area (Å²) in [7, 11) is 1.41. The van der Waals surface area contributed by atoms with Gasteiger partial charge in [0.15, 0.2) is 0 Å². The van der Waals surface area contributed by atoms with Crippen LogP contribution >= 0.6 is 0 Å². The molecule has 0 bridgehead atoms. The topological polar surface area (TPSA) is 67.8 Å². The van der Waals surface area contributed by atoms with Crippen LogP contribution in [0.25, 0.3) is 0 Å². The van der Waals surface area contributed by atoms with Gasteiger partial charge in [-0.1, -0.05) is 0 Å². The molecule has 1 aromatic rings. The molecule has 0 aromatic carbocycles. The van der Waals surface area contributed by atoms with Crippen LogP contribution < -0.4 is 11.1 Å². The van der Waals surface area contributed by atoms with Crippen LogP contribution in [0.15, 0.2) is 15.9 Å². The van der Waals surface area contributed by atoms with Crippen LogP contribution in [0.5, 0.6) is 0 Å². The van der Waals surface area contributed by atoms with Gasteiger partial charge in [0.05, 0.1) is 0 Å². The van der Waals surface area contributed by atoms with Crippen molar-refractivity contribution in [2.75, 3.05) is 0 Å². The molecular weight excluding hydrogens is 122 g/mol. The van der Waals surface area contributed by atoms with E-state index in [4.69, 9.17) is 0 Å². The molecule has 0 radical (unpaired) electrons. The van der Waals surface area contributed by atoms with Crippen LogP contribution in [0.4, 0.5) is 0 Å². The maximum absolute atomic E-state index is 10.5. The average Bonchev–Trinajstić information content (AvgIpc) is 1.83. The van der Waals surface area contributed by atoms with Gasteiger partial charge in [0, 0.05) is 7.05 Å². The Hall–Kier alpha value is -1.39. The van der Waals surface area contributed by atoms with E-state index in [1.807, 2.05) is 0 Å². The van der Waals surface area contributed by atoms with E-state index in [1.165, 1.54) is 13.4 Å². The van der Waals surface area contributed by atoms with E-state index >= 15 is 0 Å². The Morgan fingerprint density at radius 2 is 2.33 bits per heavy atom. The second-order valence-corrected chi connectivity index (χ2v) is 1.55. The number of hydrogen-bond acceptors (Lipinski definition) is 3. The molecule has 0 unspecified atom stereocenters. The molecule has 0 spiro atoms. The molecule has 0 aliphatic carbocycles. The molecule has 1 rings (SSSR count). The lowest BCUT2D eigenvalue weighted by atomic mass is 10.8. The van der Waals surface area contributed by atoms with Gasteiger partial charge in [-0.25, -0.2) is 4.68 Å². The Morgan fingerprint density at radius 1 is 1.67 bits per heavy atom. The SMILES string of the molecule is Cn1nc[nH]c(=O)c1=O. The van der Waals surface area contributed by atoms with Gasteiger partial charge in [0.25, 0.3) is 0 Å².